The van der Waals surface area contributed by atoms with Crippen LogP contribution in [0.5, 0.6) is 0 Å². The molecule has 0 aliphatic rings. The fraction of sp³-hybridized carbons (Fsp3) is 0.692. The summed E-state index contributed by atoms with van der Waals surface area (Å²) in [5.74, 6) is -0.769. The summed E-state index contributed by atoms with van der Waals surface area (Å²) in [5, 5.41) is 9.48. The summed E-state index contributed by atoms with van der Waals surface area (Å²) >= 11 is 1.27. The highest BCUT2D eigenvalue weighted by Crippen LogP contribution is 2.18. The van der Waals surface area contributed by atoms with Gasteiger partial charge in [0.1, 0.15) is 0 Å². The van der Waals surface area contributed by atoms with Crippen molar-refractivity contribution in [2.45, 2.75) is 51.4 Å². The second-order valence-electron chi connectivity index (χ2n) is 4.67. The minimum absolute atomic E-state index is 0.0485. The summed E-state index contributed by atoms with van der Waals surface area (Å²) in [6.07, 6.45) is 4.24. The molecule has 108 valence electrons. The van der Waals surface area contributed by atoms with Crippen LogP contribution in [0.25, 0.3) is 0 Å². The van der Waals surface area contributed by atoms with E-state index in [0.29, 0.717) is 0 Å². The molecule has 0 radical (unpaired) electrons. The molecular formula is C13H22N2O3S. The molecule has 0 fully saturated rings. The molecule has 0 atom stereocenters. The number of rotatable bonds is 9. The number of aromatic nitrogens is 2. The van der Waals surface area contributed by atoms with E-state index in [-0.39, 0.29) is 11.9 Å². The molecule has 0 saturated heterocycles. The van der Waals surface area contributed by atoms with Crippen molar-refractivity contribution in [2.75, 3.05) is 12.4 Å². The summed E-state index contributed by atoms with van der Waals surface area (Å²) in [4.78, 5) is 14.9. The predicted molar refractivity (Wildman–Crippen MR) is 75.6 cm³/mol. The van der Waals surface area contributed by atoms with Crippen molar-refractivity contribution in [2.24, 2.45) is 0 Å². The minimum atomic E-state index is -0.817. The summed E-state index contributed by atoms with van der Waals surface area (Å²) in [7, 11) is 0. The molecule has 0 amide bonds. The maximum absolute atomic E-state index is 10.6. The topological polar surface area (TPSA) is 64.3 Å². The fourth-order valence-electron chi connectivity index (χ4n) is 1.63. The van der Waals surface area contributed by atoms with Crippen LogP contribution < -0.4 is 0 Å². The summed E-state index contributed by atoms with van der Waals surface area (Å²) in [5.41, 5.74) is 0.923. The maximum atomic E-state index is 10.6. The van der Waals surface area contributed by atoms with E-state index in [4.69, 9.17) is 9.84 Å². The van der Waals surface area contributed by atoms with E-state index in [2.05, 4.69) is 4.98 Å². The zero-order chi connectivity index (χ0) is 14.3. The molecule has 1 aromatic heterocycles. The van der Waals surface area contributed by atoms with Crippen LogP contribution in [0.4, 0.5) is 0 Å². The average molecular weight is 286 g/mol. The Hall–Kier alpha value is -1.01. The first-order chi connectivity index (χ1) is 8.99. The van der Waals surface area contributed by atoms with Crippen LogP contribution in [0, 0.1) is 6.92 Å². The molecule has 1 rings (SSSR count). The molecule has 0 saturated carbocycles. The molecule has 1 N–H and O–H groups in total. The molecule has 6 heteroatoms. The smallest absolute Gasteiger partial charge is 0.313 e. The van der Waals surface area contributed by atoms with E-state index in [1.807, 2.05) is 31.5 Å². The van der Waals surface area contributed by atoms with E-state index >= 15 is 0 Å². The van der Waals surface area contributed by atoms with Gasteiger partial charge in [0.05, 0.1) is 17.6 Å². The summed E-state index contributed by atoms with van der Waals surface area (Å²) in [6, 6.07) is 0. The molecule has 19 heavy (non-hydrogen) atoms. The number of aryl methyl sites for hydroxylation is 2. The lowest BCUT2D eigenvalue weighted by atomic mass is 10.3. The van der Waals surface area contributed by atoms with Gasteiger partial charge < -0.3 is 14.4 Å². The highest BCUT2D eigenvalue weighted by Gasteiger charge is 2.08. The van der Waals surface area contributed by atoms with Crippen LogP contribution in [0.15, 0.2) is 11.4 Å². The van der Waals surface area contributed by atoms with Gasteiger partial charge in [-0.2, -0.15) is 0 Å². The molecule has 0 aromatic carbocycles. The van der Waals surface area contributed by atoms with Crippen molar-refractivity contribution in [3.05, 3.63) is 11.9 Å². The lowest BCUT2D eigenvalue weighted by molar-refractivity contribution is -0.133. The maximum Gasteiger partial charge on any atom is 0.313 e. The number of carbonyl (C=O) groups is 1. The van der Waals surface area contributed by atoms with Gasteiger partial charge in [-0.25, -0.2) is 4.98 Å². The lowest BCUT2D eigenvalue weighted by Gasteiger charge is -2.08. The Labute approximate surface area is 118 Å². The van der Waals surface area contributed by atoms with Gasteiger partial charge in [-0.15, -0.1) is 0 Å². The quantitative estimate of drug-likeness (QED) is 0.558. The molecular weight excluding hydrogens is 264 g/mol. The third-order valence-electron chi connectivity index (χ3n) is 2.43. The highest BCUT2D eigenvalue weighted by atomic mass is 32.2. The first-order valence-electron chi connectivity index (χ1n) is 6.49. The highest BCUT2D eigenvalue weighted by molar-refractivity contribution is 7.99. The van der Waals surface area contributed by atoms with Crippen molar-refractivity contribution in [3.8, 4) is 0 Å². The number of unbranched alkanes of at least 4 members (excludes halogenated alkanes) is 1. The van der Waals surface area contributed by atoms with Crippen molar-refractivity contribution in [1.29, 1.82) is 0 Å². The number of carboxylic acids is 1. The van der Waals surface area contributed by atoms with Crippen LogP contribution >= 0.6 is 11.8 Å². The Morgan fingerprint density at radius 3 is 2.89 bits per heavy atom. The first kappa shape index (κ1) is 16.0. The third-order valence-corrected chi connectivity index (χ3v) is 3.40. The molecule has 0 aliphatic carbocycles. The molecule has 0 aliphatic heterocycles. The lowest BCUT2D eigenvalue weighted by Crippen LogP contribution is -2.06. The second kappa shape index (κ2) is 8.22. The van der Waals surface area contributed by atoms with Gasteiger partial charge >= 0.3 is 5.97 Å². The summed E-state index contributed by atoms with van der Waals surface area (Å²) in [6.45, 7) is 7.59. The van der Waals surface area contributed by atoms with Crippen LogP contribution in [0.2, 0.25) is 0 Å². The van der Waals surface area contributed by atoms with Gasteiger partial charge in [0.2, 0.25) is 0 Å². The number of imidazole rings is 1. The van der Waals surface area contributed by atoms with E-state index in [0.717, 1.165) is 36.8 Å². The summed E-state index contributed by atoms with van der Waals surface area (Å²) < 4.78 is 7.51. The Bertz CT molecular complexity index is 405. The molecule has 0 unspecified atom stereocenters. The predicted octanol–water partition coefficient (Wildman–Crippen LogP) is 2.57. The molecule has 0 bridgehead atoms. The van der Waals surface area contributed by atoms with Gasteiger partial charge in [0.15, 0.2) is 5.16 Å². The number of thioether (sulfide) groups is 1. The third kappa shape index (κ3) is 6.63. The van der Waals surface area contributed by atoms with Crippen LogP contribution in [0.3, 0.4) is 0 Å². The minimum Gasteiger partial charge on any atom is -0.481 e. The van der Waals surface area contributed by atoms with Gasteiger partial charge in [0, 0.05) is 19.3 Å². The van der Waals surface area contributed by atoms with E-state index in [9.17, 15) is 4.79 Å². The Morgan fingerprint density at radius 1 is 1.53 bits per heavy atom. The SMILES string of the molecule is Cc1cn(CCCCOC(C)C)c(SCC(=O)O)n1. The van der Waals surface area contributed by atoms with E-state index in [1.54, 1.807) is 0 Å². The van der Waals surface area contributed by atoms with Gasteiger partial charge in [-0.1, -0.05) is 11.8 Å². The zero-order valence-corrected chi connectivity index (χ0v) is 12.6. The zero-order valence-electron chi connectivity index (χ0n) is 11.8. The van der Waals surface area contributed by atoms with Crippen LogP contribution in [0.1, 0.15) is 32.4 Å². The number of hydrogen-bond donors (Lipinski definition) is 1. The van der Waals surface area contributed by atoms with Gasteiger partial charge in [-0.3, -0.25) is 4.79 Å². The first-order valence-corrected chi connectivity index (χ1v) is 7.47. The Balaban J connectivity index is 2.37. The van der Waals surface area contributed by atoms with E-state index in [1.165, 1.54) is 11.8 Å². The normalized spacial score (nSPS) is 11.2. The van der Waals surface area contributed by atoms with Crippen molar-refractivity contribution in [1.82, 2.24) is 9.55 Å². The monoisotopic (exact) mass is 286 g/mol. The number of ether oxygens (including phenoxy) is 1. The molecule has 1 heterocycles. The second-order valence-corrected chi connectivity index (χ2v) is 5.61. The van der Waals surface area contributed by atoms with Gasteiger partial charge in [-0.05, 0) is 33.6 Å². The standard InChI is InChI=1S/C13H22N2O3S/c1-10(2)18-7-5-4-6-15-8-11(3)14-13(15)19-9-12(16)17/h8,10H,4-7,9H2,1-3H3,(H,16,17). The van der Waals surface area contributed by atoms with E-state index < -0.39 is 5.97 Å². The van der Waals surface area contributed by atoms with Crippen molar-refractivity contribution < 1.29 is 14.6 Å². The number of carboxylic acid groups (broad SMARTS) is 1. The van der Waals surface area contributed by atoms with Gasteiger partial charge in [0.25, 0.3) is 0 Å². The van der Waals surface area contributed by atoms with Crippen LogP contribution in [-0.4, -0.2) is 39.1 Å². The number of aliphatic carboxylic acids is 1. The Kier molecular flexibility index (Phi) is 6.94. The molecule has 1 aromatic rings. The fourth-order valence-corrected chi connectivity index (χ4v) is 2.40. The van der Waals surface area contributed by atoms with Crippen LogP contribution in [-0.2, 0) is 16.1 Å². The number of nitrogens with zero attached hydrogens (tertiary/aromatic N) is 2. The average Bonchev–Trinajstić information content (AvgIpc) is 2.66. The largest absolute Gasteiger partial charge is 0.481 e. The van der Waals surface area contributed by atoms with Crippen molar-refractivity contribution in [3.63, 3.8) is 0 Å². The number of hydrogen-bond acceptors (Lipinski definition) is 4. The van der Waals surface area contributed by atoms with Crippen molar-refractivity contribution >= 4 is 17.7 Å². The molecule has 0 spiro atoms. The molecule has 5 nitrogen and oxygen atoms in total. The Morgan fingerprint density at radius 2 is 2.26 bits per heavy atom.